The van der Waals surface area contributed by atoms with Crippen molar-refractivity contribution in [2.45, 2.75) is 39.2 Å². The fourth-order valence-electron chi connectivity index (χ4n) is 4.91. The third-order valence-corrected chi connectivity index (χ3v) is 6.64. The van der Waals surface area contributed by atoms with Crippen molar-refractivity contribution in [1.29, 1.82) is 0 Å². The summed E-state index contributed by atoms with van der Waals surface area (Å²) < 4.78 is 7.22. The highest BCUT2D eigenvalue weighted by atomic mass is 16.6. The first-order chi connectivity index (χ1) is 16.6. The standard InChI is InChI=1S/C24H38N8O3/c1-24(2,3)35-23(34)28(4)14-18-7-6-8-30(15-18)16-20(33)31-9-11-32(12-10-31)22-19-13-27-29(5)21(19)25-17-26-22/h13,17-18H,6-12,14-16H2,1-5H3. The van der Waals surface area contributed by atoms with Gasteiger partial charge in [0.1, 0.15) is 17.7 Å². The Morgan fingerprint density at radius 3 is 2.60 bits per heavy atom. The van der Waals surface area contributed by atoms with E-state index in [-0.39, 0.29) is 12.0 Å². The number of fused-ring (bicyclic) bond motifs is 1. The van der Waals surface area contributed by atoms with Crippen molar-refractivity contribution < 1.29 is 14.3 Å². The van der Waals surface area contributed by atoms with Crippen molar-refractivity contribution in [2.75, 3.05) is 64.3 Å². The number of amides is 2. The van der Waals surface area contributed by atoms with Crippen LogP contribution in [0.5, 0.6) is 0 Å². The molecule has 0 N–H and O–H groups in total. The number of aromatic nitrogens is 4. The maximum atomic E-state index is 13.1. The number of ether oxygens (including phenoxy) is 1. The molecule has 0 spiro atoms. The summed E-state index contributed by atoms with van der Waals surface area (Å²) in [4.78, 5) is 42.2. The smallest absolute Gasteiger partial charge is 0.410 e. The molecule has 4 rings (SSSR count). The van der Waals surface area contributed by atoms with Crippen LogP contribution >= 0.6 is 0 Å². The predicted molar refractivity (Wildman–Crippen MR) is 133 cm³/mol. The molecule has 4 heterocycles. The molecule has 1 atom stereocenters. The van der Waals surface area contributed by atoms with Crippen molar-refractivity contribution in [2.24, 2.45) is 13.0 Å². The summed E-state index contributed by atoms with van der Waals surface area (Å²) >= 11 is 0. The van der Waals surface area contributed by atoms with Gasteiger partial charge in [0.05, 0.1) is 18.1 Å². The summed E-state index contributed by atoms with van der Waals surface area (Å²) in [5, 5.41) is 5.23. The van der Waals surface area contributed by atoms with Gasteiger partial charge in [-0.1, -0.05) is 0 Å². The minimum absolute atomic E-state index is 0.167. The third kappa shape index (κ3) is 6.19. The van der Waals surface area contributed by atoms with Gasteiger partial charge < -0.3 is 19.4 Å². The van der Waals surface area contributed by atoms with Gasteiger partial charge in [0, 0.05) is 53.4 Å². The number of piperidine rings is 1. The molecule has 2 fully saturated rings. The molecule has 2 amide bonds. The fraction of sp³-hybridized carbons (Fsp3) is 0.708. The van der Waals surface area contributed by atoms with Gasteiger partial charge in [0.15, 0.2) is 5.65 Å². The number of likely N-dealkylation sites (tertiary alicyclic amines) is 1. The molecule has 0 aromatic carbocycles. The Labute approximate surface area is 207 Å². The van der Waals surface area contributed by atoms with Crippen LogP contribution in [-0.4, -0.2) is 111 Å². The maximum Gasteiger partial charge on any atom is 0.410 e. The van der Waals surface area contributed by atoms with Gasteiger partial charge in [0.2, 0.25) is 5.91 Å². The first-order valence-electron chi connectivity index (χ1n) is 12.4. The van der Waals surface area contributed by atoms with Crippen LogP contribution in [0, 0.1) is 5.92 Å². The van der Waals surface area contributed by atoms with Gasteiger partial charge >= 0.3 is 6.09 Å². The highest BCUT2D eigenvalue weighted by Gasteiger charge is 2.29. The SMILES string of the molecule is CN(CC1CCCN(CC(=O)N2CCN(c3ncnc4c3cnn4C)CC2)C1)C(=O)OC(C)(C)C. The topological polar surface area (TPSA) is 99.9 Å². The Bertz CT molecular complexity index is 1040. The minimum atomic E-state index is -0.502. The van der Waals surface area contributed by atoms with E-state index in [0.717, 1.165) is 55.9 Å². The monoisotopic (exact) mass is 486 g/mol. The first-order valence-corrected chi connectivity index (χ1v) is 12.4. The second kappa shape index (κ2) is 10.3. The molecule has 2 aliphatic rings. The van der Waals surface area contributed by atoms with Crippen molar-refractivity contribution >= 4 is 28.9 Å². The number of nitrogens with zero attached hydrogens (tertiary/aromatic N) is 8. The molecular weight excluding hydrogens is 448 g/mol. The Kier molecular flexibility index (Phi) is 7.44. The van der Waals surface area contributed by atoms with E-state index in [0.29, 0.717) is 32.1 Å². The van der Waals surface area contributed by atoms with Crippen LogP contribution in [0.1, 0.15) is 33.6 Å². The molecule has 0 aliphatic carbocycles. The second-order valence-electron chi connectivity index (χ2n) is 10.7. The summed E-state index contributed by atoms with van der Waals surface area (Å²) in [6.07, 6.45) is 5.16. The molecule has 11 nitrogen and oxygen atoms in total. The van der Waals surface area contributed by atoms with Gasteiger partial charge in [-0.3, -0.25) is 14.4 Å². The van der Waals surface area contributed by atoms with E-state index in [1.807, 2.05) is 32.7 Å². The quantitative estimate of drug-likeness (QED) is 0.628. The summed E-state index contributed by atoms with van der Waals surface area (Å²) in [5.41, 5.74) is 0.308. The molecule has 2 aromatic rings. The zero-order chi connectivity index (χ0) is 25.2. The Morgan fingerprint density at radius 2 is 1.89 bits per heavy atom. The van der Waals surface area contributed by atoms with E-state index >= 15 is 0 Å². The Balaban J connectivity index is 1.26. The molecule has 2 aromatic heterocycles. The molecule has 192 valence electrons. The van der Waals surface area contributed by atoms with Gasteiger partial charge in [-0.2, -0.15) is 5.10 Å². The minimum Gasteiger partial charge on any atom is -0.444 e. The van der Waals surface area contributed by atoms with Gasteiger partial charge in [-0.05, 0) is 46.1 Å². The van der Waals surface area contributed by atoms with Crippen LogP contribution in [-0.2, 0) is 16.6 Å². The van der Waals surface area contributed by atoms with Crippen LogP contribution < -0.4 is 4.90 Å². The van der Waals surface area contributed by atoms with Gasteiger partial charge in [0.25, 0.3) is 0 Å². The number of hydrogen-bond donors (Lipinski definition) is 0. The largest absolute Gasteiger partial charge is 0.444 e. The van der Waals surface area contributed by atoms with Gasteiger partial charge in [-0.25, -0.2) is 14.8 Å². The van der Waals surface area contributed by atoms with E-state index < -0.39 is 5.60 Å². The molecule has 1 unspecified atom stereocenters. The molecular formula is C24H38N8O3. The summed E-state index contributed by atoms with van der Waals surface area (Å²) in [5.74, 6) is 1.38. The molecule has 2 saturated heterocycles. The molecule has 11 heteroatoms. The molecule has 0 radical (unpaired) electrons. The van der Waals surface area contributed by atoms with Crippen molar-refractivity contribution in [3.8, 4) is 0 Å². The Morgan fingerprint density at radius 1 is 1.14 bits per heavy atom. The maximum absolute atomic E-state index is 13.1. The number of hydrogen-bond acceptors (Lipinski definition) is 8. The van der Waals surface area contributed by atoms with Crippen LogP contribution in [0.3, 0.4) is 0 Å². The second-order valence-corrected chi connectivity index (χ2v) is 10.7. The number of carbonyl (C=O) groups is 2. The highest BCUT2D eigenvalue weighted by molar-refractivity contribution is 5.87. The fourth-order valence-corrected chi connectivity index (χ4v) is 4.91. The molecule has 2 aliphatic heterocycles. The van der Waals surface area contributed by atoms with Gasteiger partial charge in [-0.15, -0.1) is 0 Å². The number of carbonyl (C=O) groups excluding carboxylic acids is 2. The summed E-state index contributed by atoms with van der Waals surface area (Å²) in [6.45, 7) is 11.2. The van der Waals surface area contributed by atoms with Crippen LogP contribution in [0.25, 0.3) is 11.0 Å². The molecule has 0 saturated carbocycles. The third-order valence-electron chi connectivity index (χ3n) is 6.64. The number of anilines is 1. The van der Waals surface area contributed by atoms with E-state index in [1.165, 1.54) is 0 Å². The molecule has 35 heavy (non-hydrogen) atoms. The van der Waals surface area contributed by atoms with E-state index in [2.05, 4.69) is 24.9 Å². The van der Waals surface area contributed by atoms with E-state index in [4.69, 9.17) is 4.74 Å². The summed E-state index contributed by atoms with van der Waals surface area (Å²) in [6, 6.07) is 0. The normalized spacial score (nSPS) is 19.7. The van der Waals surface area contributed by atoms with Crippen molar-refractivity contribution in [3.63, 3.8) is 0 Å². The lowest BCUT2D eigenvalue weighted by Gasteiger charge is -2.38. The average Bonchev–Trinajstić information content (AvgIpc) is 3.19. The zero-order valence-corrected chi connectivity index (χ0v) is 21.6. The first kappa shape index (κ1) is 25.2. The summed E-state index contributed by atoms with van der Waals surface area (Å²) in [7, 11) is 3.66. The van der Waals surface area contributed by atoms with Crippen LogP contribution in [0.2, 0.25) is 0 Å². The number of aryl methyl sites for hydroxylation is 1. The van der Waals surface area contributed by atoms with Crippen LogP contribution in [0.15, 0.2) is 12.5 Å². The van der Waals surface area contributed by atoms with E-state index in [9.17, 15) is 9.59 Å². The van der Waals surface area contributed by atoms with Crippen molar-refractivity contribution in [1.82, 2.24) is 34.4 Å². The van der Waals surface area contributed by atoms with Crippen molar-refractivity contribution in [3.05, 3.63) is 12.5 Å². The predicted octanol–water partition coefficient (Wildman–Crippen LogP) is 1.59. The average molecular weight is 487 g/mol. The molecule has 0 bridgehead atoms. The number of piperazine rings is 1. The van der Waals surface area contributed by atoms with Crippen LogP contribution in [0.4, 0.5) is 10.6 Å². The zero-order valence-electron chi connectivity index (χ0n) is 21.6. The lowest BCUT2D eigenvalue weighted by atomic mass is 9.97. The highest BCUT2D eigenvalue weighted by Crippen LogP contribution is 2.23. The Hall–Kier alpha value is -2.95. The number of rotatable bonds is 5. The lowest BCUT2D eigenvalue weighted by molar-refractivity contribution is -0.133. The lowest BCUT2D eigenvalue weighted by Crippen LogP contribution is -2.52. The van der Waals surface area contributed by atoms with E-state index in [1.54, 1.807) is 29.2 Å².